The van der Waals surface area contributed by atoms with Crippen LogP contribution < -0.4 is 0 Å². The number of allylic oxidation sites excluding steroid dienone is 1. The lowest BCUT2D eigenvalue weighted by molar-refractivity contribution is -0.0155. The van der Waals surface area contributed by atoms with Gasteiger partial charge in [0.05, 0.1) is 0 Å². The van der Waals surface area contributed by atoms with Gasteiger partial charge < -0.3 is 9.64 Å². The zero-order chi connectivity index (χ0) is 13.3. The molecule has 3 atom stereocenters. The van der Waals surface area contributed by atoms with Gasteiger partial charge in [-0.3, -0.25) is 0 Å². The molecular weight excluding hydrogens is 226 g/mol. The van der Waals surface area contributed by atoms with Crippen LogP contribution >= 0.6 is 0 Å². The maximum atomic E-state index is 12.4. The summed E-state index contributed by atoms with van der Waals surface area (Å²) in [6.07, 6.45) is 8.73. The third-order valence-electron chi connectivity index (χ3n) is 3.92. The van der Waals surface area contributed by atoms with E-state index < -0.39 is 5.60 Å². The SMILES string of the molecule is C[C@@H]1CC[C@H]2CC=CC[C@@H]2N1C(=O)OC(C)(C)C. The second-order valence-corrected chi connectivity index (χ2v) is 6.58. The molecule has 2 rings (SSSR count). The first-order valence-corrected chi connectivity index (χ1v) is 7.05. The van der Waals surface area contributed by atoms with Gasteiger partial charge in [-0.25, -0.2) is 4.79 Å². The summed E-state index contributed by atoms with van der Waals surface area (Å²) in [6.45, 7) is 7.92. The number of hydrogen-bond acceptors (Lipinski definition) is 2. The van der Waals surface area contributed by atoms with Crippen LogP contribution in [0.1, 0.15) is 53.4 Å². The first-order chi connectivity index (χ1) is 8.38. The molecular formula is C15H25NO2. The molecule has 3 heteroatoms. The zero-order valence-electron chi connectivity index (χ0n) is 12.0. The average molecular weight is 251 g/mol. The summed E-state index contributed by atoms with van der Waals surface area (Å²) in [5.41, 5.74) is -0.408. The fraction of sp³-hybridized carbons (Fsp3) is 0.800. The highest BCUT2D eigenvalue weighted by molar-refractivity contribution is 5.69. The molecule has 0 unspecified atom stereocenters. The van der Waals surface area contributed by atoms with Gasteiger partial charge >= 0.3 is 6.09 Å². The van der Waals surface area contributed by atoms with E-state index >= 15 is 0 Å². The van der Waals surface area contributed by atoms with Crippen LogP contribution in [-0.2, 0) is 4.74 Å². The van der Waals surface area contributed by atoms with Crippen LogP contribution in [0.15, 0.2) is 12.2 Å². The number of piperidine rings is 1. The molecule has 0 aromatic rings. The molecule has 2 aliphatic rings. The first-order valence-electron chi connectivity index (χ1n) is 7.05. The van der Waals surface area contributed by atoms with Gasteiger partial charge in [0.25, 0.3) is 0 Å². The van der Waals surface area contributed by atoms with Gasteiger partial charge in [-0.15, -0.1) is 0 Å². The number of fused-ring (bicyclic) bond motifs is 1. The fourth-order valence-electron chi connectivity index (χ4n) is 3.06. The van der Waals surface area contributed by atoms with Gasteiger partial charge in [-0.2, -0.15) is 0 Å². The Balaban J connectivity index is 2.12. The van der Waals surface area contributed by atoms with Crippen molar-refractivity contribution in [2.45, 2.75) is 71.1 Å². The molecule has 0 aromatic heterocycles. The Morgan fingerprint density at radius 2 is 1.89 bits per heavy atom. The molecule has 0 aromatic carbocycles. The molecule has 0 radical (unpaired) electrons. The quantitative estimate of drug-likeness (QED) is 0.614. The Morgan fingerprint density at radius 1 is 1.22 bits per heavy atom. The molecule has 18 heavy (non-hydrogen) atoms. The van der Waals surface area contributed by atoms with Crippen LogP contribution in [0.4, 0.5) is 4.79 Å². The number of carbonyl (C=O) groups excluding carboxylic acids is 1. The average Bonchev–Trinajstić information content (AvgIpc) is 2.26. The fourth-order valence-corrected chi connectivity index (χ4v) is 3.06. The lowest BCUT2D eigenvalue weighted by atomic mass is 9.79. The smallest absolute Gasteiger partial charge is 0.410 e. The standard InChI is InChI=1S/C15H25NO2/c1-11-9-10-12-7-5-6-8-13(12)16(11)14(17)18-15(2,3)4/h5-6,11-13H,7-10H2,1-4H3/t11-,12-,13+/m1/s1. The van der Waals surface area contributed by atoms with E-state index in [9.17, 15) is 4.79 Å². The van der Waals surface area contributed by atoms with Gasteiger partial charge in [0, 0.05) is 12.1 Å². The maximum absolute atomic E-state index is 12.4. The highest BCUT2D eigenvalue weighted by Crippen LogP contribution is 2.35. The highest BCUT2D eigenvalue weighted by Gasteiger charge is 2.39. The van der Waals surface area contributed by atoms with Crippen molar-refractivity contribution >= 4 is 6.09 Å². The van der Waals surface area contributed by atoms with Crippen molar-refractivity contribution in [1.82, 2.24) is 4.90 Å². The number of rotatable bonds is 0. The van der Waals surface area contributed by atoms with Crippen molar-refractivity contribution in [1.29, 1.82) is 0 Å². The summed E-state index contributed by atoms with van der Waals surface area (Å²) < 4.78 is 5.56. The van der Waals surface area contributed by atoms with Gasteiger partial charge in [-0.05, 0) is 59.3 Å². The summed E-state index contributed by atoms with van der Waals surface area (Å²) in [6, 6.07) is 0.640. The molecule has 0 bridgehead atoms. The molecule has 102 valence electrons. The molecule has 1 fully saturated rings. The Kier molecular flexibility index (Phi) is 3.69. The Bertz CT molecular complexity index is 343. The first kappa shape index (κ1) is 13.4. The summed E-state index contributed by atoms with van der Waals surface area (Å²) in [5.74, 6) is 0.624. The molecule has 0 N–H and O–H groups in total. The van der Waals surface area contributed by atoms with Crippen molar-refractivity contribution in [3.8, 4) is 0 Å². The predicted molar refractivity (Wildman–Crippen MR) is 72.4 cm³/mol. The molecule has 1 aliphatic heterocycles. The number of ether oxygens (including phenoxy) is 1. The Hall–Kier alpha value is -0.990. The van der Waals surface area contributed by atoms with E-state index in [-0.39, 0.29) is 6.09 Å². The van der Waals surface area contributed by atoms with Crippen LogP contribution in [0.25, 0.3) is 0 Å². The molecule has 1 saturated heterocycles. The third kappa shape index (κ3) is 2.88. The number of carbonyl (C=O) groups is 1. The monoisotopic (exact) mass is 251 g/mol. The number of nitrogens with zero attached hydrogens (tertiary/aromatic N) is 1. The largest absolute Gasteiger partial charge is 0.444 e. The van der Waals surface area contributed by atoms with E-state index in [1.165, 1.54) is 6.42 Å². The van der Waals surface area contributed by atoms with E-state index in [4.69, 9.17) is 4.74 Å². The maximum Gasteiger partial charge on any atom is 0.410 e. The molecule has 1 amide bonds. The van der Waals surface area contributed by atoms with Gasteiger partial charge in [-0.1, -0.05) is 12.2 Å². The van der Waals surface area contributed by atoms with Crippen LogP contribution in [0.5, 0.6) is 0 Å². The van der Waals surface area contributed by atoms with Crippen molar-refractivity contribution < 1.29 is 9.53 Å². The van der Waals surface area contributed by atoms with Gasteiger partial charge in [0.1, 0.15) is 5.60 Å². The molecule has 1 heterocycles. The minimum Gasteiger partial charge on any atom is -0.444 e. The van der Waals surface area contributed by atoms with Gasteiger partial charge in [0.2, 0.25) is 0 Å². The van der Waals surface area contributed by atoms with E-state index in [0.29, 0.717) is 18.0 Å². The van der Waals surface area contributed by atoms with E-state index in [2.05, 4.69) is 19.1 Å². The zero-order valence-corrected chi connectivity index (χ0v) is 12.0. The summed E-state index contributed by atoms with van der Waals surface area (Å²) in [5, 5.41) is 0. The van der Waals surface area contributed by atoms with Crippen molar-refractivity contribution in [2.24, 2.45) is 5.92 Å². The molecule has 1 aliphatic carbocycles. The second kappa shape index (κ2) is 4.94. The van der Waals surface area contributed by atoms with Crippen molar-refractivity contribution in [2.75, 3.05) is 0 Å². The lowest BCUT2D eigenvalue weighted by Gasteiger charge is -2.46. The molecule has 0 spiro atoms. The van der Waals surface area contributed by atoms with Crippen LogP contribution in [0, 0.1) is 5.92 Å². The normalized spacial score (nSPS) is 32.0. The topological polar surface area (TPSA) is 29.5 Å². The van der Waals surface area contributed by atoms with E-state index in [1.807, 2.05) is 25.7 Å². The highest BCUT2D eigenvalue weighted by atomic mass is 16.6. The third-order valence-corrected chi connectivity index (χ3v) is 3.92. The van der Waals surface area contributed by atoms with Crippen LogP contribution in [0.2, 0.25) is 0 Å². The Morgan fingerprint density at radius 3 is 2.56 bits per heavy atom. The van der Waals surface area contributed by atoms with E-state index in [0.717, 1.165) is 19.3 Å². The van der Waals surface area contributed by atoms with Crippen LogP contribution in [0.3, 0.4) is 0 Å². The Labute approximate surface area is 110 Å². The predicted octanol–water partition coefficient (Wildman–Crippen LogP) is 3.74. The van der Waals surface area contributed by atoms with Gasteiger partial charge in [0.15, 0.2) is 0 Å². The van der Waals surface area contributed by atoms with Crippen LogP contribution in [-0.4, -0.2) is 28.7 Å². The minimum absolute atomic E-state index is 0.139. The summed E-state index contributed by atoms with van der Waals surface area (Å²) in [7, 11) is 0. The van der Waals surface area contributed by atoms with E-state index in [1.54, 1.807) is 0 Å². The minimum atomic E-state index is -0.408. The molecule has 3 nitrogen and oxygen atoms in total. The second-order valence-electron chi connectivity index (χ2n) is 6.58. The summed E-state index contributed by atoms with van der Waals surface area (Å²) >= 11 is 0. The lowest BCUT2D eigenvalue weighted by Crippen LogP contribution is -2.54. The molecule has 0 saturated carbocycles. The number of hydrogen-bond donors (Lipinski definition) is 0. The van der Waals surface area contributed by atoms with Crippen molar-refractivity contribution in [3.05, 3.63) is 12.2 Å². The number of likely N-dealkylation sites (tertiary alicyclic amines) is 1. The summed E-state index contributed by atoms with van der Waals surface area (Å²) in [4.78, 5) is 14.3. The van der Waals surface area contributed by atoms with Crippen molar-refractivity contribution in [3.63, 3.8) is 0 Å². The number of amides is 1.